The van der Waals surface area contributed by atoms with Crippen LogP contribution >= 0.6 is 0 Å². The Balaban J connectivity index is 2.81. The van der Waals surface area contributed by atoms with E-state index in [0.29, 0.717) is 17.7 Å². The maximum atomic E-state index is 11.6. The Bertz CT molecular complexity index is 439. The van der Waals surface area contributed by atoms with E-state index in [1.807, 2.05) is 0 Å². The molecule has 1 rings (SSSR count). The minimum Gasteiger partial charge on any atom is -0.396 e. The van der Waals surface area contributed by atoms with Gasteiger partial charge in [0.2, 0.25) is 0 Å². The number of hydrogen-bond acceptors (Lipinski definition) is 4. The lowest BCUT2D eigenvalue weighted by Crippen LogP contribution is -2.11. The summed E-state index contributed by atoms with van der Waals surface area (Å²) >= 11 is 0. The molecule has 0 heterocycles. The van der Waals surface area contributed by atoms with Crippen LogP contribution in [0.15, 0.2) is 29.2 Å². The van der Waals surface area contributed by atoms with E-state index < -0.39 is 9.84 Å². The average molecular weight is 257 g/mol. The standard InChI is InChI=1S/C12H19NO3S/c1-2-17(15,16)11-7-5-10(6-8-11)12(13)4-3-9-14/h5-8,12,14H,2-4,9,13H2,1H3. The molecule has 1 aromatic carbocycles. The number of nitrogens with two attached hydrogens (primary N) is 1. The molecule has 0 aromatic heterocycles. The molecule has 0 aliphatic heterocycles. The molecule has 96 valence electrons. The van der Waals surface area contributed by atoms with Crippen LogP contribution in [0.5, 0.6) is 0 Å². The smallest absolute Gasteiger partial charge is 0.178 e. The normalized spacial score (nSPS) is 13.6. The topological polar surface area (TPSA) is 80.4 Å². The summed E-state index contributed by atoms with van der Waals surface area (Å²) in [5.74, 6) is 0.100. The fraction of sp³-hybridized carbons (Fsp3) is 0.500. The first kappa shape index (κ1) is 14.2. The van der Waals surface area contributed by atoms with Gasteiger partial charge in [-0.2, -0.15) is 0 Å². The quantitative estimate of drug-likeness (QED) is 0.803. The number of aliphatic hydroxyl groups excluding tert-OH is 1. The van der Waals surface area contributed by atoms with Crippen LogP contribution in [0.2, 0.25) is 0 Å². The summed E-state index contributed by atoms with van der Waals surface area (Å²) in [6.07, 6.45) is 1.34. The highest BCUT2D eigenvalue weighted by Crippen LogP contribution is 2.18. The predicted octanol–water partition coefficient (Wildman–Crippen LogP) is 1.25. The van der Waals surface area contributed by atoms with E-state index in [2.05, 4.69) is 0 Å². The van der Waals surface area contributed by atoms with Gasteiger partial charge < -0.3 is 10.8 Å². The summed E-state index contributed by atoms with van der Waals surface area (Å²) in [4.78, 5) is 0.332. The van der Waals surface area contributed by atoms with Crippen LogP contribution in [0.3, 0.4) is 0 Å². The Morgan fingerprint density at radius 2 is 1.88 bits per heavy atom. The summed E-state index contributed by atoms with van der Waals surface area (Å²) in [6.45, 7) is 1.74. The van der Waals surface area contributed by atoms with Crippen LogP contribution < -0.4 is 5.73 Å². The molecule has 1 unspecified atom stereocenters. The second-order valence-electron chi connectivity index (χ2n) is 3.94. The van der Waals surface area contributed by atoms with Gasteiger partial charge in [-0.1, -0.05) is 19.1 Å². The van der Waals surface area contributed by atoms with Crippen molar-refractivity contribution < 1.29 is 13.5 Å². The highest BCUT2D eigenvalue weighted by atomic mass is 32.2. The van der Waals surface area contributed by atoms with Gasteiger partial charge in [-0.25, -0.2) is 8.42 Å². The van der Waals surface area contributed by atoms with Crippen molar-refractivity contribution in [3.05, 3.63) is 29.8 Å². The van der Waals surface area contributed by atoms with E-state index in [-0.39, 0.29) is 18.4 Å². The second kappa shape index (κ2) is 6.14. The molecule has 0 aliphatic carbocycles. The molecule has 1 atom stereocenters. The average Bonchev–Trinajstić information content (AvgIpc) is 2.36. The Kier molecular flexibility index (Phi) is 5.11. The fourth-order valence-electron chi connectivity index (χ4n) is 1.57. The van der Waals surface area contributed by atoms with Crippen molar-refractivity contribution in [2.75, 3.05) is 12.4 Å². The molecule has 0 bridgehead atoms. The first-order valence-corrected chi connectivity index (χ1v) is 7.35. The minimum absolute atomic E-state index is 0.100. The molecule has 0 saturated carbocycles. The third-order valence-electron chi connectivity index (χ3n) is 2.72. The van der Waals surface area contributed by atoms with E-state index in [1.54, 1.807) is 31.2 Å². The van der Waals surface area contributed by atoms with Crippen LogP contribution in [-0.4, -0.2) is 25.9 Å². The summed E-state index contributed by atoms with van der Waals surface area (Å²) in [7, 11) is -3.14. The fourth-order valence-corrected chi connectivity index (χ4v) is 2.45. The lowest BCUT2D eigenvalue weighted by atomic mass is 10.0. The number of hydrogen-bond donors (Lipinski definition) is 2. The van der Waals surface area contributed by atoms with Crippen molar-refractivity contribution in [3.63, 3.8) is 0 Å². The molecule has 0 saturated heterocycles. The molecule has 0 radical (unpaired) electrons. The third kappa shape index (κ3) is 3.80. The van der Waals surface area contributed by atoms with Gasteiger partial charge in [0.05, 0.1) is 10.6 Å². The lowest BCUT2D eigenvalue weighted by Gasteiger charge is -2.11. The molecule has 0 fully saturated rings. The molecule has 1 aromatic rings. The highest BCUT2D eigenvalue weighted by molar-refractivity contribution is 7.91. The van der Waals surface area contributed by atoms with Crippen molar-refractivity contribution in [1.29, 1.82) is 0 Å². The predicted molar refractivity (Wildman–Crippen MR) is 67.4 cm³/mol. The van der Waals surface area contributed by atoms with E-state index in [1.165, 1.54) is 0 Å². The van der Waals surface area contributed by atoms with Gasteiger partial charge in [-0.3, -0.25) is 0 Å². The summed E-state index contributed by atoms with van der Waals surface area (Å²) in [5.41, 5.74) is 6.81. The van der Waals surface area contributed by atoms with Crippen molar-refractivity contribution in [2.24, 2.45) is 5.73 Å². The Hall–Kier alpha value is -0.910. The second-order valence-corrected chi connectivity index (χ2v) is 6.22. The first-order valence-electron chi connectivity index (χ1n) is 5.70. The molecule has 4 nitrogen and oxygen atoms in total. The van der Waals surface area contributed by atoms with Crippen molar-refractivity contribution in [2.45, 2.75) is 30.7 Å². The van der Waals surface area contributed by atoms with Crippen LogP contribution in [0.25, 0.3) is 0 Å². The van der Waals surface area contributed by atoms with E-state index in [0.717, 1.165) is 5.56 Å². The SMILES string of the molecule is CCS(=O)(=O)c1ccc(C(N)CCCO)cc1. The van der Waals surface area contributed by atoms with Gasteiger partial charge in [-0.05, 0) is 30.5 Å². The van der Waals surface area contributed by atoms with Crippen LogP contribution in [0, 0.1) is 0 Å². The zero-order valence-corrected chi connectivity index (χ0v) is 10.8. The molecule has 0 amide bonds. The number of rotatable bonds is 6. The zero-order chi connectivity index (χ0) is 12.9. The Morgan fingerprint density at radius 1 is 1.29 bits per heavy atom. The van der Waals surface area contributed by atoms with Crippen LogP contribution in [0.1, 0.15) is 31.4 Å². The van der Waals surface area contributed by atoms with Crippen molar-refractivity contribution >= 4 is 9.84 Å². The Labute approximate surface area is 102 Å². The highest BCUT2D eigenvalue weighted by Gasteiger charge is 2.12. The first-order chi connectivity index (χ1) is 8.01. The molecule has 0 aliphatic rings. The van der Waals surface area contributed by atoms with Crippen molar-refractivity contribution in [3.8, 4) is 0 Å². The summed E-state index contributed by atoms with van der Waals surface area (Å²) < 4.78 is 23.2. The largest absolute Gasteiger partial charge is 0.396 e. The van der Waals surface area contributed by atoms with E-state index in [4.69, 9.17) is 10.8 Å². The monoisotopic (exact) mass is 257 g/mol. The Morgan fingerprint density at radius 3 is 2.35 bits per heavy atom. The van der Waals surface area contributed by atoms with Gasteiger partial charge >= 0.3 is 0 Å². The number of aliphatic hydroxyl groups is 1. The van der Waals surface area contributed by atoms with Gasteiger partial charge in [0.25, 0.3) is 0 Å². The van der Waals surface area contributed by atoms with E-state index in [9.17, 15) is 8.42 Å². The van der Waals surface area contributed by atoms with Gasteiger partial charge in [0.15, 0.2) is 9.84 Å². The molecular formula is C12H19NO3S. The van der Waals surface area contributed by atoms with Crippen LogP contribution in [-0.2, 0) is 9.84 Å². The molecule has 0 spiro atoms. The number of sulfone groups is 1. The van der Waals surface area contributed by atoms with Gasteiger partial charge in [-0.15, -0.1) is 0 Å². The molecular weight excluding hydrogens is 238 g/mol. The zero-order valence-electron chi connectivity index (χ0n) is 9.96. The van der Waals surface area contributed by atoms with Gasteiger partial charge in [0.1, 0.15) is 0 Å². The molecule has 5 heteroatoms. The summed E-state index contributed by atoms with van der Waals surface area (Å²) in [5, 5.41) is 8.71. The third-order valence-corrected chi connectivity index (χ3v) is 4.47. The van der Waals surface area contributed by atoms with Crippen molar-refractivity contribution in [1.82, 2.24) is 0 Å². The minimum atomic E-state index is -3.14. The maximum Gasteiger partial charge on any atom is 0.178 e. The van der Waals surface area contributed by atoms with Gasteiger partial charge in [0, 0.05) is 12.6 Å². The van der Waals surface area contributed by atoms with Crippen LogP contribution in [0.4, 0.5) is 0 Å². The number of benzene rings is 1. The van der Waals surface area contributed by atoms with E-state index >= 15 is 0 Å². The lowest BCUT2D eigenvalue weighted by molar-refractivity contribution is 0.280. The molecule has 17 heavy (non-hydrogen) atoms. The maximum absolute atomic E-state index is 11.6. The molecule has 3 N–H and O–H groups in total. The summed E-state index contributed by atoms with van der Waals surface area (Å²) in [6, 6.07) is 6.51.